The molecule has 3 heterocycles. The zero-order chi connectivity index (χ0) is 26.6. The number of aryl methyl sites for hydroxylation is 1. The number of aromatic nitrogens is 2. The quantitative estimate of drug-likeness (QED) is 0.507. The fraction of sp³-hybridized carbons (Fsp3) is 0.560. The molecule has 2 atom stereocenters. The van der Waals surface area contributed by atoms with Crippen molar-refractivity contribution in [2.75, 3.05) is 61.5 Å². The van der Waals surface area contributed by atoms with Crippen molar-refractivity contribution in [1.29, 1.82) is 0 Å². The Morgan fingerprint density at radius 2 is 1.97 bits per heavy atom. The maximum Gasteiger partial charge on any atom is 0.389 e. The standard InChI is InChI=1S/C25H33F3N6O3/c1-16-3-4-19(30-24(36)34-6-5-18(15-34)13-25(26,27)28)11-20(16)21-12-22(29-14-17(2)35)32-23(31-21)33-7-9-37-10-8-33/h3-4,11-12,17-18,35H,5-10,13-15H2,1-2H3,(H,30,36)(H,29,31,32). The van der Waals surface area contributed by atoms with Crippen LogP contribution in [-0.4, -0.2) is 84.2 Å². The normalized spacial score (nSPS) is 19.1. The van der Waals surface area contributed by atoms with E-state index in [1.165, 1.54) is 4.90 Å². The number of nitrogens with zero attached hydrogens (tertiary/aromatic N) is 4. The number of urea groups is 1. The van der Waals surface area contributed by atoms with Gasteiger partial charge in [-0.05, 0) is 43.9 Å². The predicted octanol–water partition coefficient (Wildman–Crippen LogP) is 3.89. The third-order valence-corrected chi connectivity index (χ3v) is 6.44. The van der Waals surface area contributed by atoms with Crippen LogP contribution in [-0.2, 0) is 4.74 Å². The lowest BCUT2D eigenvalue weighted by atomic mass is 10.0. The Morgan fingerprint density at radius 3 is 2.68 bits per heavy atom. The van der Waals surface area contributed by atoms with Crippen molar-refractivity contribution < 1.29 is 27.8 Å². The molecule has 202 valence electrons. The number of aliphatic hydroxyl groups is 1. The van der Waals surface area contributed by atoms with Crippen molar-refractivity contribution >= 4 is 23.5 Å². The predicted molar refractivity (Wildman–Crippen MR) is 135 cm³/mol. The Kier molecular flexibility index (Phi) is 8.38. The van der Waals surface area contributed by atoms with Gasteiger partial charge in [-0.2, -0.15) is 18.2 Å². The summed E-state index contributed by atoms with van der Waals surface area (Å²) in [5.74, 6) is 0.524. The number of alkyl halides is 3. The van der Waals surface area contributed by atoms with Crippen molar-refractivity contribution in [2.45, 2.75) is 39.0 Å². The van der Waals surface area contributed by atoms with Gasteiger partial charge in [0.2, 0.25) is 5.95 Å². The van der Waals surface area contributed by atoms with Gasteiger partial charge in [0.15, 0.2) is 0 Å². The van der Waals surface area contributed by atoms with Crippen molar-refractivity contribution in [2.24, 2.45) is 5.92 Å². The minimum atomic E-state index is -4.23. The van der Waals surface area contributed by atoms with E-state index in [0.29, 0.717) is 69.0 Å². The highest BCUT2D eigenvalue weighted by Gasteiger charge is 2.36. The van der Waals surface area contributed by atoms with E-state index in [2.05, 4.69) is 15.6 Å². The number of morpholine rings is 1. The number of aliphatic hydroxyl groups excluding tert-OH is 1. The number of hydrogen-bond donors (Lipinski definition) is 3. The van der Waals surface area contributed by atoms with Crippen LogP contribution in [0.5, 0.6) is 0 Å². The summed E-state index contributed by atoms with van der Waals surface area (Å²) in [6.45, 7) is 6.76. The van der Waals surface area contributed by atoms with E-state index in [-0.39, 0.29) is 6.54 Å². The second-order valence-electron chi connectivity index (χ2n) is 9.65. The first kappa shape index (κ1) is 26.9. The molecular weight excluding hydrogens is 489 g/mol. The van der Waals surface area contributed by atoms with Gasteiger partial charge in [0.1, 0.15) is 5.82 Å². The summed E-state index contributed by atoms with van der Waals surface area (Å²) in [6, 6.07) is 6.80. The van der Waals surface area contributed by atoms with Crippen molar-refractivity contribution in [3.8, 4) is 11.3 Å². The fourth-order valence-corrected chi connectivity index (χ4v) is 4.51. The van der Waals surface area contributed by atoms with Crippen molar-refractivity contribution in [1.82, 2.24) is 14.9 Å². The molecule has 2 unspecified atom stereocenters. The van der Waals surface area contributed by atoms with Gasteiger partial charge >= 0.3 is 12.2 Å². The SMILES string of the molecule is Cc1ccc(NC(=O)N2CCC(CC(F)(F)F)C2)cc1-c1cc(NCC(C)O)nc(N2CCOCC2)n1. The Balaban J connectivity index is 1.54. The van der Waals surface area contributed by atoms with Gasteiger partial charge in [-0.25, -0.2) is 9.78 Å². The first-order valence-corrected chi connectivity index (χ1v) is 12.4. The van der Waals surface area contributed by atoms with Gasteiger partial charge in [-0.15, -0.1) is 0 Å². The first-order chi connectivity index (χ1) is 17.6. The monoisotopic (exact) mass is 522 g/mol. The second kappa shape index (κ2) is 11.5. The molecule has 1 aromatic heterocycles. The summed E-state index contributed by atoms with van der Waals surface area (Å²) in [7, 11) is 0. The number of anilines is 3. The van der Waals surface area contributed by atoms with E-state index < -0.39 is 30.7 Å². The lowest BCUT2D eigenvalue weighted by Crippen LogP contribution is -2.37. The molecular formula is C25H33F3N6O3. The molecule has 0 saturated carbocycles. The van der Waals surface area contributed by atoms with Gasteiger partial charge in [0, 0.05) is 56.5 Å². The largest absolute Gasteiger partial charge is 0.392 e. The van der Waals surface area contributed by atoms with Crippen LogP contribution in [0.3, 0.4) is 0 Å². The Morgan fingerprint density at radius 1 is 1.22 bits per heavy atom. The summed E-state index contributed by atoms with van der Waals surface area (Å²) < 4.78 is 43.6. The summed E-state index contributed by atoms with van der Waals surface area (Å²) in [4.78, 5) is 25.6. The smallest absolute Gasteiger partial charge is 0.389 e. The molecule has 0 radical (unpaired) electrons. The van der Waals surface area contributed by atoms with Crippen LogP contribution in [0.1, 0.15) is 25.3 Å². The van der Waals surface area contributed by atoms with Crippen LogP contribution in [0.4, 0.5) is 35.4 Å². The summed E-state index contributed by atoms with van der Waals surface area (Å²) in [6.07, 6.45) is -5.34. The Labute approximate surface area is 214 Å². The molecule has 2 aliphatic heterocycles. The van der Waals surface area contributed by atoms with Gasteiger partial charge < -0.3 is 30.3 Å². The summed E-state index contributed by atoms with van der Waals surface area (Å²) in [5.41, 5.74) is 2.88. The Bertz CT molecular complexity index is 1090. The molecule has 2 aliphatic rings. The van der Waals surface area contributed by atoms with Crippen molar-refractivity contribution in [3.63, 3.8) is 0 Å². The highest BCUT2D eigenvalue weighted by Crippen LogP contribution is 2.32. The first-order valence-electron chi connectivity index (χ1n) is 12.4. The third kappa shape index (κ3) is 7.45. The van der Waals surface area contributed by atoms with Crippen LogP contribution in [0.2, 0.25) is 0 Å². The molecule has 0 bridgehead atoms. The molecule has 2 saturated heterocycles. The molecule has 2 amide bonds. The minimum Gasteiger partial charge on any atom is -0.392 e. The highest BCUT2D eigenvalue weighted by atomic mass is 19.4. The number of nitrogens with one attached hydrogen (secondary N) is 2. The zero-order valence-corrected chi connectivity index (χ0v) is 21.0. The third-order valence-electron chi connectivity index (χ3n) is 6.44. The molecule has 0 aliphatic carbocycles. The maximum atomic E-state index is 12.8. The number of hydrogen-bond acceptors (Lipinski definition) is 7. The van der Waals surface area contributed by atoms with E-state index in [1.807, 2.05) is 17.9 Å². The molecule has 2 aromatic rings. The lowest BCUT2D eigenvalue weighted by molar-refractivity contribution is -0.143. The van der Waals surface area contributed by atoms with Crippen LogP contribution in [0.25, 0.3) is 11.3 Å². The van der Waals surface area contributed by atoms with E-state index >= 15 is 0 Å². The summed E-state index contributed by atoms with van der Waals surface area (Å²) >= 11 is 0. The fourth-order valence-electron chi connectivity index (χ4n) is 4.51. The number of likely N-dealkylation sites (tertiary alicyclic amines) is 1. The van der Waals surface area contributed by atoms with Gasteiger partial charge in [0.25, 0.3) is 0 Å². The minimum absolute atomic E-state index is 0.0805. The van der Waals surface area contributed by atoms with Crippen LogP contribution < -0.4 is 15.5 Å². The zero-order valence-electron chi connectivity index (χ0n) is 21.0. The number of ether oxygens (including phenoxy) is 1. The van der Waals surface area contributed by atoms with Crippen molar-refractivity contribution in [3.05, 3.63) is 29.8 Å². The number of halogens is 3. The molecule has 9 nitrogen and oxygen atoms in total. The van der Waals surface area contributed by atoms with Crippen LogP contribution >= 0.6 is 0 Å². The van der Waals surface area contributed by atoms with E-state index in [1.54, 1.807) is 25.1 Å². The second-order valence-corrected chi connectivity index (χ2v) is 9.65. The Hall–Kier alpha value is -3.12. The van der Waals surface area contributed by atoms with E-state index in [0.717, 1.165) is 11.1 Å². The molecule has 3 N–H and O–H groups in total. The molecule has 2 fully saturated rings. The average molecular weight is 523 g/mol. The molecule has 4 rings (SSSR count). The number of carbonyl (C=O) groups is 1. The van der Waals surface area contributed by atoms with Gasteiger partial charge in [-0.3, -0.25) is 0 Å². The number of amides is 2. The van der Waals surface area contributed by atoms with Crippen LogP contribution in [0, 0.1) is 12.8 Å². The number of benzene rings is 1. The van der Waals surface area contributed by atoms with Gasteiger partial charge in [-0.1, -0.05) is 6.07 Å². The maximum absolute atomic E-state index is 12.8. The topological polar surface area (TPSA) is 103 Å². The van der Waals surface area contributed by atoms with Crippen LogP contribution in [0.15, 0.2) is 24.3 Å². The molecule has 12 heteroatoms. The average Bonchev–Trinajstić information content (AvgIpc) is 3.31. The molecule has 37 heavy (non-hydrogen) atoms. The highest BCUT2D eigenvalue weighted by molar-refractivity contribution is 5.90. The van der Waals surface area contributed by atoms with E-state index in [4.69, 9.17) is 9.72 Å². The lowest BCUT2D eigenvalue weighted by Gasteiger charge is -2.27. The van der Waals surface area contributed by atoms with E-state index in [9.17, 15) is 23.1 Å². The molecule has 0 spiro atoms. The number of carbonyl (C=O) groups excluding carboxylic acids is 1. The van der Waals surface area contributed by atoms with Gasteiger partial charge in [0.05, 0.1) is 25.0 Å². The number of rotatable bonds is 7. The molecule has 1 aromatic carbocycles. The summed E-state index contributed by atoms with van der Waals surface area (Å²) in [5, 5.41) is 15.7.